The van der Waals surface area contributed by atoms with Gasteiger partial charge in [0.15, 0.2) is 0 Å². The molecule has 22 heavy (non-hydrogen) atoms. The van der Waals surface area contributed by atoms with Crippen LogP contribution in [0, 0.1) is 0 Å². The first-order valence-electron chi connectivity index (χ1n) is 7.32. The molecule has 1 amide bonds. The third-order valence-corrected chi connectivity index (χ3v) is 4.09. The standard InChI is InChI=1S/C18H19NO3/c1-22-16-9-5-4-8-15(16)17(20)19-12-18(21)10-13-6-2-3-7-14(13)11-18/h2-9,21H,10-12H2,1H3,(H,19,20). The highest BCUT2D eigenvalue weighted by Gasteiger charge is 2.35. The molecule has 0 saturated heterocycles. The second-order valence-corrected chi connectivity index (χ2v) is 5.73. The Labute approximate surface area is 129 Å². The van der Waals surface area contributed by atoms with Gasteiger partial charge in [0, 0.05) is 19.4 Å². The Balaban J connectivity index is 1.67. The molecule has 0 aromatic heterocycles. The van der Waals surface area contributed by atoms with Crippen molar-refractivity contribution >= 4 is 5.91 Å². The van der Waals surface area contributed by atoms with Crippen molar-refractivity contribution in [1.82, 2.24) is 5.32 Å². The molecule has 0 fully saturated rings. The van der Waals surface area contributed by atoms with Crippen molar-refractivity contribution in [1.29, 1.82) is 0 Å². The molecule has 2 aromatic rings. The van der Waals surface area contributed by atoms with Crippen LogP contribution in [0.5, 0.6) is 5.75 Å². The smallest absolute Gasteiger partial charge is 0.255 e. The summed E-state index contributed by atoms with van der Waals surface area (Å²) < 4.78 is 5.19. The number of rotatable bonds is 4. The Morgan fingerprint density at radius 2 is 1.73 bits per heavy atom. The van der Waals surface area contributed by atoms with Crippen molar-refractivity contribution in [2.24, 2.45) is 0 Å². The molecule has 2 N–H and O–H groups in total. The number of nitrogens with one attached hydrogen (secondary N) is 1. The Bertz CT molecular complexity index is 671. The van der Waals surface area contributed by atoms with Crippen LogP contribution in [0.3, 0.4) is 0 Å². The van der Waals surface area contributed by atoms with Crippen molar-refractivity contribution in [2.45, 2.75) is 18.4 Å². The van der Waals surface area contributed by atoms with Gasteiger partial charge in [-0.25, -0.2) is 0 Å². The minimum atomic E-state index is -0.915. The highest BCUT2D eigenvalue weighted by Crippen LogP contribution is 2.29. The molecule has 0 saturated carbocycles. The number of hydrogen-bond acceptors (Lipinski definition) is 3. The molecule has 0 atom stereocenters. The predicted octanol–water partition coefficient (Wildman–Crippen LogP) is 1.95. The van der Waals surface area contributed by atoms with Crippen LogP contribution < -0.4 is 10.1 Å². The van der Waals surface area contributed by atoms with Gasteiger partial charge in [0.1, 0.15) is 5.75 Å². The van der Waals surface area contributed by atoms with Crippen molar-refractivity contribution < 1.29 is 14.6 Å². The number of hydrogen-bond donors (Lipinski definition) is 2. The second kappa shape index (κ2) is 5.81. The number of ether oxygens (including phenoxy) is 1. The topological polar surface area (TPSA) is 58.6 Å². The Kier molecular flexibility index (Phi) is 3.86. The summed E-state index contributed by atoms with van der Waals surface area (Å²) in [7, 11) is 1.53. The first-order chi connectivity index (χ1) is 10.6. The number of carbonyl (C=O) groups is 1. The molecule has 0 radical (unpaired) electrons. The molecular formula is C18H19NO3. The van der Waals surface area contributed by atoms with Crippen LogP contribution >= 0.6 is 0 Å². The maximum Gasteiger partial charge on any atom is 0.255 e. The minimum Gasteiger partial charge on any atom is -0.496 e. The molecule has 1 aliphatic carbocycles. The average molecular weight is 297 g/mol. The zero-order valence-electron chi connectivity index (χ0n) is 12.5. The molecule has 0 aliphatic heterocycles. The summed E-state index contributed by atoms with van der Waals surface area (Å²) in [5, 5.41) is 13.5. The van der Waals surface area contributed by atoms with E-state index in [1.807, 2.05) is 30.3 Å². The van der Waals surface area contributed by atoms with Crippen molar-refractivity contribution in [3.05, 3.63) is 65.2 Å². The normalized spacial score (nSPS) is 15.2. The Morgan fingerprint density at radius 3 is 2.36 bits per heavy atom. The number of methoxy groups -OCH3 is 1. The maximum atomic E-state index is 12.3. The van der Waals surface area contributed by atoms with Crippen molar-refractivity contribution in [2.75, 3.05) is 13.7 Å². The van der Waals surface area contributed by atoms with Crippen LogP contribution in [-0.2, 0) is 12.8 Å². The molecule has 0 spiro atoms. The summed E-state index contributed by atoms with van der Waals surface area (Å²) in [4.78, 5) is 12.3. The number of para-hydroxylation sites is 1. The number of fused-ring (bicyclic) bond motifs is 1. The molecular weight excluding hydrogens is 278 g/mol. The zero-order chi connectivity index (χ0) is 15.6. The van der Waals surface area contributed by atoms with E-state index in [9.17, 15) is 9.90 Å². The van der Waals surface area contributed by atoms with Crippen LogP contribution in [0.25, 0.3) is 0 Å². The Hall–Kier alpha value is -2.33. The van der Waals surface area contributed by atoms with Crippen molar-refractivity contribution in [3.8, 4) is 5.75 Å². The molecule has 114 valence electrons. The van der Waals surface area contributed by atoms with E-state index in [0.29, 0.717) is 24.2 Å². The van der Waals surface area contributed by atoms with E-state index in [4.69, 9.17) is 4.74 Å². The summed E-state index contributed by atoms with van der Waals surface area (Å²) in [5.41, 5.74) is 1.86. The summed E-state index contributed by atoms with van der Waals surface area (Å²) in [5.74, 6) is 0.295. The van der Waals surface area contributed by atoms with Crippen LogP contribution in [0.1, 0.15) is 21.5 Å². The first-order valence-corrected chi connectivity index (χ1v) is 7.32. The van der Waals surface area contributed by atoms with E-state index in [-0.39, 0.29) is 12.5 Å². The van der Waals surface area contributed by atoms with Gasteiger partial charge in [-0.2, -0.15) is 0 Å². The van der Waals surface area contributed by atoms with Crippen LogP contribution in [-0.4, -0.2) is 30.3 Å². The van der Waals surface area contributed by atoms with Gasteiger partial charge in [-0.1, -0.05) is 36.4 Å². The van der Waals surface area contributed by atoms with Gasteiger partial charge in [0.2, 0.25) is 0 Å². The van der Waals surface area contributed by atoms with Gasteiger partial charge < -0.3 is 15.2 Å². The zero-order valence-corrected chi connectivity index (χ0v) is 12.5. The highest BCUT2D eigenvalue weighted by molar-refractivity contribution is 5.96. The SMILES string of the molecule is COc1ccccc1C(=O)NCC1(O)Cc2ccccc2C1. The van der Waals surface area contributed by atoms with E-state index >= 15 is 0 Å². The van der Waals surface area contributed by atoms with Gasteiger partial charge in [-0.05, 0) is 23.3 Å². The third-order valence-electron chi connectivity index (χ3n) is 4.09. The average Bonchev–Trinajstić information content (AvgIpc) is 2.89. The number of benzene rings is 2. The monoisotopic (exact) mass is 297 g/mol. The fourth-order valence-electron chi connectivity index (χ4n) is 2.97. The summed E-state index contributed by atoms with van der Waals surface area (Å²) in [6.45, 7) is 0.221. The molecule has 4 heteroatoms. The number of carbonyl (C=O) groups excluding carboxylic acids is 1. The van der Waals surface area contributed by atoms with Gasteiger partial charge in [0.05, 0.1) is 18.3 Å². The molecule has 3 rings (SSSR count). The van der Waals surface area contributed by atoms with Gasteiger partial charge in [-0.15, -0.1) is 0 Å². The number of aliphatic hydroxyl groups is 1. The first kappa shape index (κ1) is 14.6. The van der Waals surface area contributed by atoms with Crippen molar-refractivity contribution in [3.63, 3.8) is 0 Å². The summed E-state index contributed by atoms with van der Waals surface area (Å²) >= 11 is 0. The fraction of sp³-hybridized carbons (Fsp3) is 0.278. The fourth-order valence-corrected chi connectivity index (χ4v) is 2.97. The predicted molar refractivity (Wildman–Crippen MR) is 84.1 cm³/mol. The van der Waals surface area contributed by atoms with E-state index in [2.05, 4.69) is 5.32 Å². The maximum absolute atomic E-state index is 12.3. The molecule has 0 unspecified atom stereocenters. The molecule has 2 aromatic carbocycles. The third kappa shape index (κ3) is 2.83. The lowest BCUT2D eigenvalue weighted by atomic mass is 10.0. The van der Waals surface area contributed by atoms with Crippen LogP contribution in [0.4, 0.5) is 0 Å². The lowest BCUT2D eigenvalue weighted by Crippen LogP contribution is -2.43. The van der Waals surface area contributed by atoms with Gasteiger partial charge >= 0.3 is 0 Å². The van der Waals surface area contributed by atoms with Crippen LogP contribution in [0.2, 0.25) is 0 Å². The Morgan fingerprint density at radius 1 is 1.14 bits per heavy atom. The second-order valence-electron chi connectivity index (χ2n) is 5.73. The van der Waals surface area contributed by atoms with Gasteiger partial charge in [0.25, 0.3) is 5.91 Å². The summed E-state index contributed by atoms with van der Waals surface area (Å²) in [6, 6.07) is 15.0. The summed E-state index contributed by atoms with van der Waals surface area (Å²) in [6.07, 6.45) is 1.13. The minimum absolute atomic E-state index is 0.221. The quantitative estimate of drug-likeness (QED) is 0.907. The largest absolute Gasteiger partial charge is 0.496 e. The van der Waals surface area contributed by atoms with E-state index in [1.165, 1.54) is 7.11 Å². The molecule has 0 heterocycles. The molecule has 1 aliphatic rings. The molecule has 0 bridgehead atoms. The van der Waals surface area contributed by atoms with Gasteiger partial charge in [-0.3, -0.25) is 4.79 Å². The van der Waals surface area contributed by atoms with E-state index in [1.54, 1.807) is 18.2 Å². The van der Waals surface area contributed by atoms with Crippen LogP contribution in [0.15, 0.2) is 48.5 Å². The number of amides is 1. The lowest BCUT2D eigenvalue weighted by molar-refractivity contribution is 0.0479. The lowest BCUT2D eigenvalue weighted by Gasteiger charge is -2.22. The van der Waals surface area contributed by atoms with E-state index < -0.39 is 5.60 Å². The highest BCUT2D eigenvalue weighted by atomic mass is 16.5. The van der Waals surface area contributed by atoms with E-state index in [0.717, 1.165) is 11.1 Å². The molecule has 4 nitrogen and oxygen atoms in total.